The van der Waals surface area contributed by atoms with Gasteiger partial charge in [0.25, 0.3) is 0 Å². The number of nitrogens with one attached hydrogen (secondary N) is 1. The molecule has 0 radical (unpaired) electrons. The lowest BCUT2D eigenvalue weighted by molar-refractivity contribution is 0.177. The molecule has 0 aliphatic heterocycles. The van der Waals surface area contributed by atoms with Crippen LogP contribution in [0.1, 0.15) is 6.42 Å². The molecule has 17 heavy (non-hydrogen) atoms. The van der Waals surface area contributed by atoms with Gasteiger partial charge in [0.05, 0.1) is 18.1 Å². The molecule has 0 saturated carbocycles. The zero-order valence-electron chi connectivity index (χ0n) is 10.0. The highest BCUT2D eigenvalue weighted by atomic mass is 32.2. The maximum atomic E-state index is 11.4. The number of rotatable bonds is 9. The van der Waals surface area contributed by atoms with Crippen LogP contribution in [0.25, 0.3) is 0 Å². The molecule has 0 saturated heterocycles. The average molecular weight is 288 g/mol. The molecule has 0 fully saturated rings. The van der Waals surface area contributed by atoms with Crippen molar-refractivity contribution in [3.8, 4) is 0 Å². The average Bonchev–Trinajstić information content (AvgIpc) is 2.14. The molecule has 0 rings (SSSR count). The van der Waals surface area contributed by atoms with Crippen molar-refractivity contribution < 1.29 is 21.6 Å². The summed E-state index contributed by atoms with van der Waals surface area (Å²) in [7, 11) is -5.31. The summed E-state index contributed by atoms with van der Waals surface area (Å²) in [5, 5.41) is 0. The number of hydrogen-bond donors (Lipinski definition) is 2. The molecule has 0 heterocycles. The van der Waals surface area contributed by atoms with Gasteiger partial charge in [0.1, 0.15) is 9.84 Å². The second-order valence-corrected chi connectivity index (χ2v) is 8.03. The smallest absolute Gasteiger partial charge is 0.212 e. The summed E-state index contributed by atoms with van der Waals surface area (Å²) in [4.78, 5) is 0. The Morgan fingerprint density at radius 2 is 1.82 bits per heavy atom. The predicted octanol–water partition coefficient (Wildman–Crippen LogP) is -1.69. The molecule has 0 amide bonds. The van der Waals surface area contributed by atoms with E-state index in [0.717, 1.165) is 6.26 Å². The summed E-state index contributed by atoms with van der Waals surface area (Å²) in [6.07, 6.45) is 1.43. The first kappa shape index (κ1) is 16.8. The largest absolute Gasteiger partial charge is 0.383 e. The Bertz CT molecular complexity index is 404. The summed E-state index contributed by atoms with van der Waals surface area (Å²) >= 11 is 0. The fourth-order valence-electron chi connectivity index (χ4n) is 1.03. The molecule has 0 aliphatic carbocycles. The van der Waals surface area contributed by atoms with Crippen molar-refractivity contribution in [2.24, 2.45) is 5.73 Å². The third-order valence-electron chi connectivity index (χ3n) is 1.94. The normalized spacial score (nSPS) is 14.8. The molecule has 7 nitrogen and oxygen atoms in total. The van der Waals surface area contributed by atoms with E-state index in [4.69, 9.17) is 10.5 Å². The molecule has 0 aromatic rings. The van der Waals surface area contributed by atoms with Gasteiger partial charge in [0.15, 0.2) is 0 Å². The predicted molar refractivity (Wildman–Crippen MR) is 66.0 cm³/mol. The van der Waals surface area contributed by atoms with Gasteiger partial charge in [-0.3, -0.25) is 0 Å². The molecule has 0 spiro atoms. The Labute approximate surface area is 103 Å². The van der Waals surface area contributed by atoms with E-state index in [1.807, 2.05) is 0 Å². The quantitative estimate of drug-likeness (QED) is 0.523. The molecule has 104 valence electrons. The van der Waals surface area contributed by atoms with E-state index in [1.54, 1.807) is 0 Å². The second kappa shape index (κ2) is 7.27. The molecule has 3 N–H and O–H groups in total. The number of methoxy groups -OCH3 is 1. The zero-order chi connectivity index (χ0) is 13.5. The molecule has 9 heteroatoms. The molecular weight excluding hydrogens is 268 g/mol. The van der Waals surface area contributed by atoms with Crippen LogP contribution in [0.3, 0.4) is 0 Å². The highest BCUT2D eigenvalue weighted by molar-refractivity contribution is 7.93. The number of ether oxygens (including phenoxy) is 1. The van der Waals surface area contributed by atoms with Gasteiger partial charge >= 0.3 is 0 Å². The van der Waals surface area contributed by atoms with Crippen molar-refractivity contribution in [2.75, 3.05) is 38.0 Å². The summed E-state index contributed by atoms with van der Waals surface area (Å²) in [5.74, 6) is -0.808. The molecular formula is C8H20N2O5S2. The van der Waals surface area contributed by atoms with Crippen molar-refractivity contribution in [1.29, 1.82) is 0 Å². The number of nitrogens with two attached hydrogens (primary N) is 1. The van der Waals surface area contributed by atoms with Gasteiger partial charge < -0.3 is 10.5 Å². The second-order valence-electron chi connectivity index (χ2n) is 3.85. The van der Waals surface area contributed by atoms with Crippen molar-refractivity contribution in [3.63, 3.8) is 0 Å². The number of hydrogen-bond acceptors (Lipinski definition) is 6. The zero-order valence-corrected chi connectivity index (χ0v) is 11.7. The maximum Gasteiger partial charge on any atom is 0.212 e. The lowest BCUT2D eigenvalue weighted by Gasteiger charge is -2.11. The van der Waals surface area contributed by atoms with Gasteiger partial charge in [-0.15, -0.1) is 0 Å². The highest BCUT2D eigenvalue weighted by Gasteiger charge is 2.14. The van der Waals surface area contributed by atoms with E-state index in [1.165, 1.54) is 7.11 Å². The van der Waals surface area contributed by atoms with Crippen molar-refractivity contribution >= 4 is 19.9 Å². The van der Waals surface area contributed by atoms with Crippen molar-refractivity contribution in [1.82, 2.24) is 4.72 Å². The van der Waals surface area contributed by atoms with Crippen LogP contribution >= 0.6 is 0 Å². The van der Waals surface area contributed by atoms with Crippen LogP contribution in [0.15, 0.2) is 0 Å². The van der Waals surface area contributed by atoms with E-state index < -0.39 is 25.6 Å². The summed E-state index contributed by atoms with van der Waals surface area (Å²) in [6, 6.07) is -0.238. The lowest BCUT2D eigenvalue weighted by Crippen LogP contribution is -2.35. The molecule has 1 unspecified atom stereocenters. The summed E-state index contributed by atoms with van der Waals surface area (Å²) in [5.41, 5.74) is 5.60. The van der Waals surface area contributed by atoms with Gasteiger partial charge in [-0.05, 0) is 6.42 Å². The Morgan fingerprint density at radius 3 is 2.29 bits per heavy atom. The fraction of sp³-hybridized carbons (Fsp3) is 1.00. The minimum atomic E-state index is -3.55. The monoisotopic (exact) mass is 288 g/mol. The standard InChI is InChI=1S/C8H20N2O5S2/c1-15-7-8(9)3-4-10-17(13,14)6-5-16(2,11)12/h8,10H,3-7,9H2,1-2H3. The van der Waals surface area contributed by atoms with Gasteiger partial charge in [-0.25, -0.2) is 21.6 Å². The lowest BCUT2D eigenvalue weighted by atomic mass is 10.2. The Hall–Kier alpha value is -0.220. The van der Waals surface area contributed by atoms with Crippen LogP contribution in [0.4, 0.5) is 0 Å². The van der Waals surface area contributed by atoms with Gasteiger partial charge in [0, 0.05) is 26.0 Å². The van der Waals surface area contributed by atoms with Crippen LogP contribution in [0, 0.1) is 0 Å². The highest BCUT2D eigenvalue weighted by Crippen LogP contribution is 1.92. The van der Waals surface area contributed by atoms with Gasteiger partial charge in [0.2, 0.25) is 10.0 Å². The minimum Gasteiger partial charge on any atom is -0.383 e. The van der Waals surface area contributed by atoms with Crippen LogP contribution in [-0.2, 0) is 24.6 Å². The number of sulfone groups is 1. The van der Waals surface area contributed by atoms with Crippen LogP contribution in [0.2, 0.25) is 0 Å². The van der Waals surface area contributed by atoms with Crippen LogP contribution < -0.4 is 10.5 Å². The summed E-state index contributed by atoms with van der Waals surface area (Å²) in [6.45, 7) is 0.529. The van der Waals surface area contributed by atoms with Crippen LogP contribution in [-0.4, -0.2) is 60.9 Å². The Balaban J connectivity index is 3.95. The van der Waals surface area contributed by atoms with E-state index in [9.17, 15) is 16.8 Å². The maximum absolute atomic E-state index is 11.4. The van der Waals surface area contributed by atoms with Gasteiger partial charge in [-0.1, -0.05) is 0 Å². The van der Waals surface area contributed by atoms with E-state index in [0.29, 0.717) is 13.0 Å². The number of sulfonamides is 1. The van der Waals surface area contributed by atoms with Crippen molar-refractivity contribution in [3.05, 3.63) is 0 Å². The first-order valence-corrected chi connectivity index (χ1v) is 8.77. The van der Waals surface area contributed by atoms with Crippen molar-refractivity contribution in [2.45, 2.75) is 12.5 Å². The van der Waals surface area contributed by atoms with E-state index >= 15 is 0 Å². The molecule has 0 bridgehead atoms. The minimum absolute atomic E-state index is 0.177. The fourth-order valence-corrected chi connectivity index (χ4v) is 3.69. The third-order valence-corrected chi connectivity index (χ3v) is 4.53. The first-order chi connectivity index (χ1) is 7.66. The third kappa shape index (κ3) is 10.6. The molecule has 0 aromatic carbocycles. The molecule has 1 atom stereocenters. The molecule has 0 aromatic heterocycles. The van der Waals surface area contributed by atoms with E-state index in [-0.39, 0.29) is 18.3 Å². The topological polar surface area (TPSA) is 116 Å². The van der Waals surface area contributed by atoms with Crippen LogP contribution in [0.5, 0.6) is 0 Å². The Kier molecular flexibility index (Phi) is 7.17. The first-order valence-electron chi connectivity index (χ1n) is 5.06. The van der Waals surface area contributed by atoms with E-state index in [2.05, 4.69) is 4.72 Å². The van der Waals surface area contributed by atoms with Gasteiger partial charge in [-0.2, -0.15) is 0 Å². The molecule has 0 aliphatic rings. The SMILES string of the molecule is COCC(N)CCNS(=O)(=O)CCS(C)(=O)=O. The summed E-state index contributed by atoms with van der Waals surface area (Å²) < 4.78 is 51.5. The Morgan fingerprint density at radius 1 is 1.24 bits per heavy atom.